The van der Waals surface area contributed by atoms with Crippen molar-refractivity contribution in [1.29, 1.82) is 0 Å². The van der Waals surface area contributed by atoms with E-state index in [9.17, 15) is 9.90 Å². The molecule has 140 valence electrons. The van der Waals surface area contributed by atoms with Gasteiger partial charge in [-0.1, -0.05) is 23.9 Å². The number of Topliss-reactive ketones (excluding diaryl/α,β-unsaturated/α-hetero) is 1. The highest BCUT2D eigenvalue weighted by molar-refractivity contribution is 7.99. The first-order valence-corrected chi connectivity index (χ1v) is 8.97. The van der Waals surface area contributed by atoms with E-state index in [-0.39, 0.29) is 29.5 Å². The van der Waals surface area contributed by atoms with Crippen LogP contribution in [0.4, 0.5) is 0 Å². The topological polar surface area (TPSA) is 112 Å². The molecule has 0 saturated heterocycles. The largest absolute Gasteiger partial charge is 0.507 e. The number of carbonyl (C=O) groups excluding carboxylic acids is 1. The molecule has 3 rings (SSSR count). The van der Waals surface area contributed by atoms with E-state index in [2.05, 4.69) is 10.2 Å². The number of methoxy groups -OCH3 is 1. The Labute approximate surface area is 159 Å². The van der Waals surface area contributed by atoms with Crippen molar-refractivity contribution in [3.63, 3.8) is 0 Å². The van der Waals surface area contributed by atoms with Crippen LogP contribution in [0.1, 0.15) is 16.2 Å². The zero-order valence-electron chi connectivity index (χ0n) is 14.5. The van der Waals surface area contributed by atoms with Crippen LogP contribution in [-0.2, 0) is 6.61 Å². The Morgan fingerprint density at radius 2 is 1.85 bits per heavy atom. The maximum atomic E-state index is 12.2. The predicted octanol–water partition coefficient (Wildman–Crippen LogP) is 2.26. The number of rotatable bonds is 8. The quantitative estimate of drug-likeness (QED) is 0.344. The summed E-state index contributed by atoms with van der Waals surface area (Å²) in [7, 11) is 1.59. The summed E-state index contributed by atoms with van der Waals surface area (Å²) >= 11 is 1.14. The minimum absolute atomic E-state index is 0.0501. The van der Waals surface area contributed by atoms with Gasteiger partial charge in [0.2, 0.25) is 5.16 Å². The summed E-state index contributed by atoms with van der Waals surface area (Å²) in [5.74, 6) is 7.57. The van der Waals surface area contributed by atoms with Crippen LogP contribution in [0.5, 0.6) is 17.2 Å². The Morgan fingerprint density at radius 1 is 1.15 bits per heavy atom. The molecule has 0 unspecified atom stereocenters. The molecular weight excluding hydrogens is 368 g/mol. The number of hydrogen-bond donors (Lipinski definition) is 2. The van der Waals surface area contributed by atoms with Crippen molar-refractivity contribution in [2.24, 2.45) is 0 Å². The Balaban J connectivity index is 1.58. The van der Waals surface area contributed by atoms with Crippen molar-refractivity contribution in [2.45, 2.75) is 11.8 Å². The first kappa shape index (κ1) is 18.6. The van der Waals surface area contributed by atoms with Gasteiger partial charge in [-0.15, -0.1) is 10.2 Å². The lowest BCUT2D eigenvalue weighted by molar-refractivity contribution is 0.102. The number of ether oxygens (including phenoxy) is 2. The minimum Gasteiger partial charge on any atom is -0.507 e. The smallest absolute Gasteiger partial charge is 0.210 e. The van der Waals surface area contributed by atoms with E-state index in [0.717, 1.165) is 17.5 Å². The van der Waals surface area contributed by atoms with Crippen LogP contribution in [0, 0.1) is 0 Å². The molecule has 0 aliphatic rings. The van der Waals surface area contributed by atoms with Crippen LogP contribution in [0.3, 0.4) is 0 Å². The molecule has 0 amide bonds. The van der Waals surface area contributed by atoms with E-state index in [1.54, 1.807) is 49.6 Å². The molecule has 0 fully saturated rings. The number of carbonyl (C=O) groups is 1. The summed E-state index contributed by atoms with van der Waals surface area (Å²) in [5.41, 5.74) is 0.260. The fraction of sp³-hybridized carbons (Fsp3) is 0.167. The molecule has 1 heterocycles. The molecule has 3 aromatic rings. The Hall–Kier alpha value is -3.20. The second kappa shape index (κ2) is 8.45. The summed E-state index contributed by atoms with van der Waals surface area (Å²) in [4.78, 5) is 12.2. The van der Waals surface area contributed by atoms with Crippen molar-refractivity contribution in [3.8, 4) is 17.2 Å². The highest BCUT2D eigenvalue weighted by atomic mass is 32.2. The van der Waals surface area contributed by atoms with Gasteiger partial charge in [0.05, 0.1) is 18.4 Å². The van der Waals surface area contributed by atoms with Gasteiger partial charge < -0.3 is 20.4 Å². The molecule has 0 radical (unpaired) electrons. The zero-order valence-corrected chi connectivity index (χ0v) is 15.3. The van der Waals surface area contributed by atoms with Crippen LogP contribution >= 0.6 is 11.8 Å². The number of para-hydroxylation sites is 1. The number of aromatic nitrogens is 3. The average molecular weight is 386 g/mol. The number of ketones is 1. The molecule has 0 aliphatic carbocycles. The third-order valence-electron chi connectivity index (χ3n) is 3.70. The molecule has 0 aliphatic heterocycles. The van der Waals surface area contributed by atoms with Crippen LogP contribution in [0.2, 0.25) is 0 Å². The van der Waals surface area contributed by atoms with Gasteiger partial charge in [-0.05, 0) is 36.4 Å². The fourth-order valence-corrected chi connectivity index (χ4v) is 3.00. The lowest BCUT2D eigenvalue weighted by atomic mass is 10.1. The van der Waals surface area contributed by atoms with Crippen LogP contribution in [0.25, 0.3) is 0 Å². The molecule has 8 nitrogen and oxygen atoms in total. The normalized spacial score (nSPS) is 10.6. The van der Waals surface area contributed by atoms with Gasteiger partial charge in [0, 0.05) is 0 Å². The fourth-order valence-electron chi connectivity index (χ4n) is 2.24. The van der Waals surface area contributed by atoms with Crippen molar-refractivity contribution in [1.82, 2.24) is 14.9 Å². The number of thioether (sulfide) groups is 1. The number of benzene rings is 2. The van der Waals surface area contributed by atoms with E-state index in [1.165, 1.54) is 10.7 Å². The minimum atomic E-state index is -0.225. The number of nitrogens with two attached hydrogens (primary N) is 1. The number of hydrogen-bond acceptors (Lipinski definition) is 8. The van der Waals surface area contributed by atoms with Gasteiger partial charge in [-0.25, -0.2) is 4.68 Å². The third kappa shape index (κ3) is 4.50. The maximum absolute atomic E-state index is 12.2. The monoisotopic (exact) mass is 386 g/mol. The summed E-state index contributed by atoms with van der Waals surface area (Å²) in [6, 6.07) is 13.5. The van der Waals surface area contributed by atoms with E-state index in [0.29, 0.717) is 16.7 Å². The summed E-state index contributed by atoms with van der Waals surface area (Å²) < 4.78 is 12.0. The number of phenolic OH excluding ortho intramolecular Hbond substituents is 1. The van der Waals surface area contributed by atoms with E-state index in [1.807, 2.05) is 0 Å². The molecule has 0 spiro atoms. The number of phenols is 1. The Morgan fingerprint density at radius 3 is 2.56 bits per heavy atom. The van der Waals surface area contributed by atoms with Crippen molar-refractivity contribution >= 4 is 17.5 Å². The lowest BCUT2D eigenvalue weighted by Gasteiger charge is -2.07. The Bertz CT molecular complexity index is 927. The molecular formula is C18H18N4O4S. The van der Waals surface area contributed by atoms with Crippen molar-refractivity contribution < 1.29 is 19.4 Å². The van der Waals surface area contributed by atoms with E-state index in [4.69, 9.17) is 15.3 Å². The maximum Gasteiger partial charge on any atom is 0.210 e. The standard InChI is InChI=1S/C18H18N4O4S/c1-25-12-6-8-13(9-7-12)26-10-17-20-21-18(22(17)19)27-11-16(24)14-4-2-3-5-15(14)23/h2-9,23H,10-11,19H2,1H3. The van der Waals surface area contributed by atoms with Gasteiger partial charge in [0.25, 0.3) is 0 Å². The van der Waals surface area contributed by atoms with Crippen molar-refractivity contribution in [2.75, 3.05) is 18.7 Å². The van der Waals surface area contributed by atoms with Crippen LogP contribution in [0.15, 0.2) is 53.7 Å². The second-order valence-corrected chi connectivity index (χ2v) is 6.40. The third-order valence-corrected chi connectivity index (χ3v) is 4.64. The van der Waals surface area contributed by atoms with Crippen LogP contribution in [-0.4, -0.2) is 38.6 Å². The van der Waals surface area contributed by atoms with Gasteiger partial charge in [0.15, 0.2) is 11.6 Å². The van der Waals surface area contributed by atoms with E-state index >= 15 is 0 Å². The average Bonchev–Trinajstić information content (AvgIpc) is 3.05. The number of nitrogen functional groups attached to an aromatic ring is 1. The molecule has 2 aromatic carbocycles. The van der Waals surface area contributed by atoms with E-state index < -0.39 is 0 Å². The highest BCUT2D eigenvalue weighted by Crippen LogP contribution is 2.22. The van der Waals surface area contributed by atoms with Gasteiger partial charge in [-0.2, -0.15) is 0 Å². The van der Waals surface area contributed by atoms with Crippen LogP contribution < -0.4 is 15.3 Å². The molecule has 0 atom stereocenters. The first-order chi connectivity index (χ1) is 13.1. The van der Waals surface area contributed by atoms with Gasteiger partial charge in [-0.3, -0.25) is 4.79 Å². The Kier molecular flexibility index (Phi) is 5.82. The molecule has 0 bridgehead atoms. The van der Waals surface area contributed by atoms with Gasteiger partial charge >= 0.3 is 0 Å². The lowest BCUT2D eigenvalue weighted by Crippen LogP contribution is -2.16. The molecule has 3 N–H and O–H groups in total. The first-order valence-electron chi connectivity index (χ1n) is 7.98. The predicted molar refractivity (Wildman–Crippen MR) is 101 cm³/mol. The number of aromatic hydroxyl groups is 1. The highest BCUT2D eigenvalue weighted by Gasteiger charge is 2.15. The molecule has 27 heavy (non-hydrogen) atoms. The molecule has 1 aromatic heterocycles. The summed E-state index contributed by atoms with van der Waals surface area (Å²) in [5, 5.41) is 18.1. The van der Waals surface area contributed by atoms with Crippen molar-refractivity contribution in [3.05, 3.63) is 59.9 Å². The molecule has 9 heteroatoms. The summed E-state index contributed by atoms with van der Waals surface area (Å²) in [6.45, 7) is 0.129. The molecule has 0 saturated carbocycles. The van der Waals surface area contributed by atoms with Gasteiger partial charge in [0.1, 0.15) is 23.9 Å². The zero-order chi connectivity index (χ0) is 19.2. The SMILES string of the molecule is COc1ccc(OCc2nnc(SCC(=O)c3ccccc3O)n2N)cc1. The summed E-state index contributed by atoms with van der Waals surface area (Å²) in [6.07, 6.45) is 0. The second-order valence-electron chi connectivity index (χ2n) is 5.46. The number of nitrogens with zero attached hydrogens (tertiary/aromatic N) is 3.